The van der Waals surface area contributed by atoms with Crippen molar-refractivity contribution in [3.63, 3.8) is 0 Å². The molecule has 2 saturated heterocycles. The molecular weight excluding hydrogens is 739 g/mol. The van der Waals surface area contributed by atoms with Gasteiger partial charge in [0.05, 0.1) is 56.5 Å². The molecule has 2 aliphatic heterocycles. The lowest BCUT2D eigenvalue weighted by Gasteiger charge is -2.31. The fourth-order valence-corrected chi connectivity index (χ4v) is 9.14. The van der Waals surface area contributed by atoms with Crippen LogP contribution in [-0.4, -0.2) is 94.8 Å². The molecule has 0 bridgehead atoms. The maximum Gasteiger partial charge on any atom is 0.407 e. The van der Waals surface area contributed by atoms with Crippen LogP contribution in [0.4, 0.5) is 4.79 Å². The Morgan fingerprint density at radius 1 is 0.963 bits per heavy atom. The molecule has 0 radical (unpaired) electrons. The molecule has 296 valence electrons. The van der Waals surface area contributed by atoms with Crippen LogP contribution in [0, 0.1) is 11.8 Å². The van der Waals surface area contributed by atoms with Gasteiger partial charge in [-0.15, -0.1) is 0 Å². The van der Waals surface area contributed by atoms with Gasteiger partial charge in [0, 0.05) is 13.1 Å². The number of carbonyl (C=O) groups is 1. The molecule has 54 heavy (non-hydrogen) atoms. The first-order valence-electron chi connectivity index (χ1n) is 18.1. The monoisotopic (exact) mass is 790 g/mol. The molecule has 2 fully saturated rings. The number of hydrogen-bond acceptors (Lipinski definition) is 12. The Morgan fingerprint density at radius 3 is 2.33 bits per heavy atom. The highest BCUT2D eigenvalue weighted by atomic mass is 32.2. The number of aliphatic hydroxyl groups is 1. The average Bonchev–Trinajstić information content (AvgIpc) is 3.79. The van der Waals surface area contributed by atoms with Crippen LogP contribution < -0.4 is 14.8 Å². The van der Waals surface area contributed by atoms with Crippen molar-refractivity contribution in [2.24, 2.45) is 11.8 Å². The van der Waals surface area contributed by atoms with Gasteiger partial charge in [-0.1, -0.05) is 56.3 Å². The molecule has 0 spiro atoms. The summed E-state index contributed by atoms with van der Waals surface area (Å²) in [6.07, 6.45) is -2.57. The Kier molecular flexibility index (Phi) is 14.9. The molecule has 3 aromatic carbocycles. The minimum Gasteiger partial charge on any atom is -0.497 e. The molecule has 2 aliphatic rings. The summed E-state index contributed by atoms with van der Waals surface area (Å²) in [7, 11) is -6.14. The van der Waals surface area contributed by atoms with Gasteiger partial charge in [0.25, 0.3) is 0 Å². The van der Waals surface area contributed by atoms with Crippen LogP contribution in [0.25, 0.3) is 0 Å². The second kappa shape index (κ2) is 19.4. The number of nitrogens with one attached hydrogen (secondary N) is 1. The van der Waals surface area contributed by atoms with Crippen molar-refractivity contribution < 1.29 is 55.6 Å². The number of hydrogen-bond donors (Lipinski definition) is 2. The SMILES string of the molecule is CCOP(=O)(COc1ccc(C[C@H](NC(=O)O[C@H]2CO[C@H]3OCCC32)[C@H](O)CN(CC(C)C)S(=O)(=O)c2ccc(OC)cc2)cc1)OCc1ccccc1. The molecule has 1 amide bonds. The van der Waals surface area contributed by atoms with Crippen LogP contribution in [0.5, 0.6) is 11.5 Å². The van der Waals surface area contributed by atoms with E-state index < -0.39 is 48.3 Å². The lowest BCUT2D eigenvalue weighted by atomic mass is 10.0. The van der Waals surface area contributed by atoms with E-state index in [2.05, 4.69) is 5.32 Å². The maximum atomic E-state index is 13.9. The number of methoxy groups -OCH3 is 1. The van der Waals surface area contributed by atoms with Gasteiger partial charge in [-0.05, 0) is 73.2 Å². The molecule has 2 heterocycles. The van der Waals surface area contributed by atoms with Crippen molar-refractivity contribution in [3.8, 4) is 11.5 Å². The number of sulfonamides is 1. The normalized spacial score (nSPS) is 20.6. The lowest BCUT2D eigenvalue weighted by molar-refractivity contribution is -0.0907. The zero-order valence-corrected chi connectivity index (χ0v) is 32.8. The van der Waals surface area contributed by atoms with E-state index in [4.69, 9.17) is 32.7 Å². The number of rotatable bonds is 20. The third kappa shape index (κ3) is 11.5. The largest absolute Gasteiger partial charge is 0.497 e. The summed E-state index contributed by atoms with van der Waals surface area (Å²) < 4.78 is 81.3. The summed E-state index contributed by atoms with van der Waals surface area (Å²) in [5.74, 6) is 0.741. The van der Waals surface area contributed by atoms with Crippen LogP contribution >= 0.6 is 7.60 Å². The van der Waals surface area contributed by atoms with Gasteiger partial charge in [-0.3, -0.25) is 4.57 Å². The second-order valence-electron chi connectivity index (χ2n) is 13.6. The quantitative estimate of drug-likeness (QED) is 0.137. The lowest BCUT2D eigenvalue weighted by Crippen LogP contribution is -2.51. The number of ether oxygens (including phenoxy) is 5. The number of nitrogens with zero attached hydrogens (tertiary/aromatic N) is 1. The topological polar surface area (TPSA) is 168 Å². The molecule has 2 N–H and O–H groups in total. The van der Waals surface area contributed by atoms with Crippen molar-refractivity contribution in [2.45, 2.75) is 69.7 Å². The first-order chi connectivity index (χ1) is 25.9. The summed E-state index contributed by atoms with van der Waals surface area (Å²) in [5, 5.41) is 14.5. The number of alkyl carbamates (subject to hydrolysis) is 1. The zero-order chi connectivity index (χ0) is 38.7. The minimum absolute atomic E-state index is 0.0459. The average molecular weight is 791 g/mol. The van der Waals surface area contributed by atoms with Crippen molar-refractivity contribution in [2.75, 3.05) is 46.4 Å². The Balaban J connectivity index is 1.29. The van der Waals surface area contributed by atoms with Crippen LogP contribution in [0.15, 0.2) is 83.8 Å². The van der Waals surface area contributed by atoms with E-state index in [1.807, 2.05) is 44.2 Å². The van der Waals surface area contributed by atoms with Gasteiger partial charge in [-0.2, -0.15) is 4.31 Å². The summed E-state index contributed by atoms with van der Waals surface area (Å²) in [4.78, 5) is 13.4. The van der Waals surface area contributed by atoms with Crippen LogP contribution in [0.2, 0.25) is 0 Å². The molecule has 6 atom stereocenters. The van der Waals surface area contributed by atoms with E-state index in [9.17, 15) is 22.9 Å². The number of amides is 1. The maximum absolute atomic E-state index is 13.9. The standard InChI is InChI=1S/C38H51N2O12PS/c1-5-50-53(43,51-24-29-9-7-6-8-10-29)26-49-31-13-11-28(12-14-31)21-34(39-38(42)52-36-25-48-37-33(36)19-20-47-37)35(41)23-40(22-27(2)3)54(44,45)32-17-15-30(46-4)16-18-32/h6-18,27,33-37,41H,5,19-26H2,1-4H3,(H,39,42)/t33?,34-,35+,36-,37+,53?/m0/s1. The molecular formula is C38H51N2O12PS. The van der Waals surface area contributed by atoms with E-state index in [0.717, 1.165) is 5.56 Å². The molecule has 5 rings (SSSR count). The first-order valence-corrected chi connectivity index (χ1v) is 21.2. The molecule has 0 saturated carbocycles. The molecule has 14 nitrogen and oxygen atoms in total. The molecule has 2 unspecified atom stereocenters. The molecule has 3 aromatic rings. The van der Waals surface area contributed by atoms with Gasteiger partial charge in [0.1, 0.15) is 17.6 Å². The zero-order valence-electron chi connectivity index (χ0n) is 31.1. The van der Waals surface area contributed by atoms with Gasteiger partial charge >= 0.3 is 13.7 Å². The van der Waals surface area contributed by atoms with Gasteiger partial charge < -0.3 is 43.2 Å². The first kappa shape index (κ1) is 41.6. The smallest absolute Gasteiger partial charge is 0.407 e. The highest BCUT2D eigenvalue weighted by Crippen LogP contribution is 2.49. The number of fused-ring (bicyclic) bond motifs is 1. The van der Waals surface area contributed by atoms with Crippen LogP contribution in [0.1, 0.15) is 38.3 Å². The van der Waals surface area contributed by atoms with Crippen molar-refractivity contribution in [1.82, 2.24) is 9.62 Å². The number of carbonyl (C=O) groups excluding carboxylic acids is 1. The highest BCUT2D eigenvalue weighted by molar-refractivity contribution is 7.89. The minimum atomic E-state index is -4.04. The Labute approximate surface area is 317 Å². The summed E-state index contributed by atoms with van der Waals surface area (Å²) in [5.41, 5.74) is 1.54. The third-order valence-electron chi connectivity index (χ3n) is 9.03. The van der Waals surface area contributed by atoms with E-state index in [-0.39, 0.29) is 62.4 Å². The molecule has 16 heteroatoms. The molecule has 0 aliphatic carbocycles. The predicted octanol–water partition coefficient (Wildman–Crippen LogP) is 5.58. The number of benzene rings is 3. The Morgan fingerprint density at radius 2 is 1.67 bits per heavy atom. The second-order valence-corrected chi connectivity index (χ2v) is 17.5. The van der Waals surface area contributed by atoms with E-state index >= 15 is 0 Å². The summed E-state index contributed by atoms with van der Waals surface area (Å²) in [6, 6.07) is 21.2. The Hall–Kier alpha value is -3.53. The van der Waals surface area contributed by atoms with E-state index in [0.29, 0.717) is 30.1 Å². The van der Waals surface area contributed by atoms with Gasteiger partial charge in [0.15, 0.2) is 12.6 Å². The van der Waals surface area contributed by atoms with Crippen LogP contribution in [0.3, 0.4) is 0 Å². The van der Waals surface area contributed by atoms with Crippen molar-refractivity contribution in [1.29, 1.82) is 0 Å². The number of aliphatic hydroxyl groups excluding tert-OH is 1. The van der Waals surface area contributed by atoms with E-state index in [1.54, 1.807) is 43.3 Å². The highest BCUT2D eigenvalue weighted by Gasteiger charge is 2.44. The van der Waals surface area contributed by atoms with Crippen molar-refractivity contribution in [3.05, 3.63) is 90.0 Å². The predicted molar refractivity (Wildman–Crippen MR) is 200 cm³/mol. The van der Waals surface area contributed by atoms with Crippen LogP contribution in [-0.2, 0) is 50.9 Å². The van der Waals surface area contributed by atoms with Gasteiger partial charge in [-0.25, -0.2) is 13.2 Å². The van der Waals surface area contributed by atoms with Gasteiger partial charge in [0.2, 0.25) is 10.0 Å². The third-order valence-corrected chi connectivity index (χ3v) is 12.5. The fraction of sp³-hybridized carbons (Fsp3) is 0.500. The van der Waals surface area contributed by atoms with E-state index in [1.165, 1.54) is 23.5 Å². The van der Waals surface area contributed by atoms with Crippen molar-refractivity contribution >= 4 is 23.7 Å². The fourth-order valence-electron chi connectivity index (χ4n) is 6.25. The summed E-state index contributed by atoms with van der Waals surface area (Å²) >= 11 is 0. The molecule has 0 aromatic heterocycles. The Bertz CT molecular complexity index is 1780. The summed E-state index contributed by atoms with van der Waals surface area (Å²) in [6.45, 7) is 6.27.